The molecule has 0 spiro atoms. The lowest BCUT2D eigenvalue weighted by Crippen LogP contribution is -2.23. The van der Waals surface area contributed by atoms with Crippen LogP contribution < -0.4 is 5.69 Å². The highest BCUT2D eigenvalue weighted by Crippen LogP contribution is 2.05. The van der Waals surface area contributed by atoms with Gasteiger partial charge in [0.25, 0.3) is 0 Å². The normalized spacial score (nSPS) is 11.0. The van der Waals surface area contributed by atoms with Crippen LogP contribution >= 0.6 is 11.8 Å². The minimum Gasteiger partial charge on any atom is -0.281 e. The van der Waals surface area contributed by atoms with E-state index in [0.29, 0.717) is 0 Å². The lowest BCUT2D eigenvalue weighted by Gasteiger charge is -1.99. The lowest BCUT2D eigenvalue weighted by molar-refractivity contribution is 0.516. The van der Waals surface area contributed by atoms with Crippen molar-refractivity contribution in [2.75, 3.05) is 6.26 Å². The van der Waals surface area contributed by atoms with Gasteiger partial charge in [0, 0.05) is 13.6 Å². The van der Waals surface area contributed by atoms with E-state index in [1.807, 2.05) is 6.26 Å². The van der Waals surface area contributed by atoms with Gasteiger partial charge in [0.15, 0.2) is 0 Å². The lowest BCUT2D eigenvalue weighted by atomic mass is 10.1. The third kappa shape index (κ3) is 4.22. The van der Waals surface area contributed by atoms with Crippen molar-refractivity contribution in [1.82, 2.24) is 14.3 Å². The Labute approximate surface area is 107 Å². The highest BCUT2D eigenvalue weighted by Gasteiger charge is 2.08. The summed E-state index contributed by atoms with van der Waals surface area (Å²) in [4.78, 5) is 11.8. The molecule has 0 aliphatic heterocycles. The van der Waals surface area contributed by atoms with Gasteiger partial charge in [0.1, 0.15) is 5.82 Å². The largest absolute Gasteiger partial charge is 0.345 e. The van der Waals surface area contributed by atoms with Crippen LogP contribution in [0.3, 0.4) is 0 Å². The Hall–Kier alpha value is -0.710. The number of unbranched alkanes of at least 4 members (excludes halogenated alkanes) is 4. The number of rotatable bonds is 8. The molecular weight excluding hydrogens is 234 g/mol. The van der Waals surface area contributed by atoms with E-state index >= 15 is 0 Å². The van der Waals surface area contributed by atoms with Gasteiger partial charge in [0.2, 0.25) is 0 Å². The first-order valence-electron chi connectivity index (χ1n) is 6.32. The number of thioether (sulfide) groups is 1. The Morgan fingerprint density at radius 3 is 2.59 bits per heavy atom. The topological polar surface area (TPSA) is 39.8 Å². The van der Waals surface area contributed by atoms with E-state index in [9.17, 15) is 4.79 Å². The van der Waals surface area contributed by atoms with Gasteiger partial charge < -0.3 is 0 Å². The fourth-order valence-electron chi connectivity index (χ4n) is 1.80. The van der Waals surface area contributed by atoms with Gasteiger partial charge in [-0.25, -0.2) is 9.48 Å². The molecule has 0 radical (unpaired) electrons. The quantitative estimate of drug-likeness (QED) is 0.671. The van der Waals surface area contributed by atoms with Crippen molar-refractivity contribution in [3.63, 3.8) is 0 Å². The molecule has 4 nitrogen and oxygen atoms in total. The first kappa shape index (κ1) is 14.4. The van der Waals surface area contributed by atoms with Gasteiger partial charge in [-0.1, -0.05) is 32.6 Å². The van der Waals surface area contributed by atoms with Gasteiger partial charge in [-0.3, -0.25) is 4.57 Å². The van der Waals surface area contributed by atoms with Crippen LogP contribution in [-0.2, 0) is 19.3 Å². The summed E-state index contributed by atoms with van der Waals surface area (Å²) in [5.74, 6) is 1.67. The molecule has 0 amide bonds. The first-order valence-corrected chi connectivity index (χ1v) is 7.71. The SMILES string of the molecule is CCCCCCCn1nc(CSC)n(C)c1=O. The summed E-state index contributed by atoms with van der Waals surface area (Å²) >= 11 is 1.69. The number of nitrogens with zero attached hydrogens (tertiary/aromatic N) is 3. The number of hydrogen-bond donors (Lipinski definition) is 0. The van der Waals surface area contributed by atoms with E-state index in [2.05, 4.69) is 12.0 Å². The molecule has 1 aromatic heterocycles. The van der Waals surface area contributed by atoms with Crippen molar-refractivity contribution >= 4 is 11.8 Å². The van der Waals surface area contributed by atoms with E-state index in [1.165, 1.54) is 25.7 Å². The number of aromatic nitrogens is 3. The second-order valence-electron chi connectivity index (χ2n) is 4.33. The van der Waals surface area contributed by atoms with Crippen LogP contribution in [0.15, 0.2) is 4.79 Å². The van der Waals surface area contributed by atoms with Crippen molar-refractivity contribution in [1.29, 1.82) is 0 Å². The highest BCUT2D eigenvalue weighted by molar-refractivity contribution is 7.97. The maximum atomic E-state index is 11.8. The van der Waals surface area contributed by atoms with Crippen LogP contribution in [0.1, 0.15) is 44.9 Å². The average Bonchev–Trinajstić information content (AvgIpc) is 2.58. The molecule has 0 saturated heterocycles. The molecule has 0 aliphatic rings. The molecule has 0 atom stereocenters. The molecule has 98 valence electrons. The van der Waals surface area contributed by atoms with E-state index in [-0.39, 0.29) is 5.69 Å². The molecule has 17 heavy (non-hydrogen) atoms. The summed E-state index contributed by atoms with van der Waals surface area (Å²) in [6.45, 7) is 2.96. The van der Waals surface area contributed by atoms with E-state index in [4.69, 9.17) is 0 Å². The zero-order chi connectivity index (χ0) is 12.7. The van der Waals surface area contributed by atoms with Gasteiger partial charge in [-0.2, -0.15) is 16.9 Å². The van der Waals surface area contributed by atoms with Crippen molar-refractivity contribution in [2.45, 2.75) is 51.3 Å². The monoisotopic (exact) mass is 257 g/mol. The van der Waals surface area contributed by atoms with Gasteiger partial charge in [-0.05, 0) is 12.7 Å². The van der Waals surface area contributed by atoms with E-state index in [1.54, 1.807) is 28.1 Å². The minimum atomic E-state index is 0.0181. The Bertz CT molecular complexity index is 384. The maximum Gasteiger partial charge on any atom is 0.345 e. The Balaban J connectivity index is 2.48. The Kier molecular flexibility index (Phi) is 6.40. The highest BCUT2D eigenvalue weighted by atomic mass is 32.2. The first-order chi connectivity index (χ1) is 8.20. The van der Waals surface area contributed by atoms with Crippen molar-refractivity contribution in [2.24, 2.45) is 7.05 Å². The molecule has 0 aromatic carbocycles. The van der Waals surface area contributed by atoms with Crippen LogP contribution in [0, 0.1) is 0 Å². The fraction of sp³-hybridized carbons (Fsp3) is 0.833. The average molecular weight is 257 g/mol. The molecule has 0 unspecified atom stereocenters. The van der Waals surface area contributed by atoms with Gasteiger partial charge in [0.05, 0.1) is 5.75 Å². The molecule has 0 aliphatic carbocycles. The summed E-state index contributed by atoms with van der Waals surface area (Å²) < 4.78 is 3.26. The molecule has 1 heterocycles. The van der Waals surface area contributed by atoms with Crippen LogP contribution in [-0.4, -0.2) is 20.6 Å². The van der Waals surface area contributed by atoms with Crippen LogP contribution in [0.2, 0.25) is 0 Å². The Morgan fingerprint density at radius 2 is 1.94 bits per heavy atom. The molecule has 0 N–H and O–H groups in total. The summed E-state index contributed by atoms with van der Waals surface area (Å²) in [5, 5.41) is 4.36. The summed E-state index contributed by atoms with van der Waals surface area (Å²) in [5.41, 5.74) is 0.0181. The van der Waals surface area contributed by atoms with Crippen LogP contribution in [0.4, 0.5) is 0 Å². The molecule has 1 aromatic rings. The molecule has 5 heteroatoms. The smallest absolute Gasteiger partial charge is 0.281 e. The second kappa shape index (κ2) is 7.58. The predicted octanol–water partition coefficient (Wildman–Crippen LogP) is 2.42. The van der Waals surface area contributed by atoms with Crippen molar-refractivity contribution in [3.05, 3.63) is 16.3 Å². The van der Waals surface area contributed by atoms with E-state index < -0.39 is 0 Å². The minimum absolute atomic E-state index is 0.0181. The standard InChI is InChI=1S/C12H23N3OS/c1-4-5-6-7-8-9-15-12(16)14(2)11(13-15)10-17-3/h4-10H2,1-3H3. The predicted molar refractivity (Wildman–Crippen MR) is 73.4 cm³/mol. The third-order valence-electron chi connectivity index (χ3n) is 2.88. The van der Waals surface area contributed by atoms with Crippen molar-refractivity contribution in [3.8, 4) is 0 Å². The maximum absolute atomic E-state index is 11.8. The van der Waals surface area contributed by atoms with Crippen molar-refractivity contribution < 1.29 is 0 Å². The van der Waals surface area contributed by atoms with E-state index in [0.717, 1.165) is 24.5 Å². The summed E-state index contributed by atoms with van der Waals surface area (Å²) in [6.07, 6.45) is 8.06. The summed E-state index contributed by atoms with van der Waals surface area (Å²) in [7, 11) is 1.80. The Morgan fingerprint density at radius 1 is 1.24 bits per heavy atom. The van der Waals surface area contributed by atoms with Crippen LogP contribution in [0.25, 0.3) is 0 Å². The second-order valence-corrected chi connectivity index (χ2v) is 5.19. The number of aryl methyl sites for hydroxylation is 1. The molecule has 1 rings (SSSR count). The molecule has 0 bridgehead atoms. The molecular formula is C12H23N3OS. The zero-order valence-electron chi connectivity index (χ0n) is 11.1. The van der Waals surface area contributed by atoms with Gasteiger partial charge in [-0.15, -0.1) is 0 Å². The summed E-state index contributed by atoms with van der Waals surface area (Å²) in [6, 6.07) is 0. The van der Waals surface area contributed by atoms with Crippen LogP contribution in [0.5, 0.6) is 0 Å². The molecule has 0 saturated carbocycles. The number of hydrogen-bond acceptors (Lipinski definition) is 3. The molecule has 0 fully saturated rings. The van der Waals surface area contributed by atoms with Gasteiger partial charge >= 0.3 is 5.69 Å². The third-order valence-corrected chi connectivity index (χ3v) is 3.42. The fourth-order valence-corrected chi connectivity index (χ4v) is 2.31. The zero-order valence-corrected chi connectivity index (χ0v) is 11.9.